The summed E-state index contributed by atoms with van der Waals surface area (Å²) in [4.78, 5) is 11.6. The Morgan fingerprint density at radius 1 is 1.44 bits per heavy atom. The molecular formula is C13H19N2O2P. The van der Waals surface area contributed by atoms with Crippen LogP contribution < -0.4 is 5.32 Å². The van der Waals surface area contributed by atoms with Gasteiger partial charge in [0.05, 0.1) is 0 Å². The smallest absolute Gasteiger partial charge is 0.407 e. The molecule has 0 aliphatic carbocycles. The zero-order chi connectivity index (χ0) is 12.8. The number of hydrogen-bond donors (Lipinski definition) is 1. The van der Waals surface area contributed by atoms with Crippen molar-refractivity contribution < 1.29 is 9.53 Å². The van der Waals surface area contributed by atoms with Crippen LogP contribution in [0.3, 0.4) is 0 Å². The van der Waals surface area contributed by atoms with Gasteiger partial charge in [0.1, 0.15) is 6.61 Å². The third kappa shape index (κ3) is 4.28. The second kappa shape index (κ2) is 6.72. The Morgan fingerprint density at radius 3 is 2.94 bits per heavy atom. The summed E-state index contributed by atoms with van der Waals surface area (Å²) in [5.74, 6) is 0. The van der Waals surface area contributed by atoms with Crippen LogP contribution in [0.4, 0.5) is 4.79 Å². The second-order valence-electron chi connectivity index (χ2n) is 4.54. The van der Waals surface area contributed by atoms with E-state index in [0.29, 0.717) is 6.61 Å². The fourth-order valence-electron chi connectivity index (χ4n) is 2.06. The van der Waals surface area contributed by atoms with Gasteiger partial charge < -0.3 is 10.1 Å². The van der Waals surface area contributed by atoms with Crippen molar-refractivity contribution in [3.63, 3.8) is 0 Å². The van der Waals surface area contributed by atoms with Crippen LogP contribution >= 0.6 is 9.39 Å². The Kier molecular flexibility index (Phi) is 4.97. The maximum Gasteiger partial charge on any atom is 0.407 e. The average molecular weight is 266 g/mol. The molecule has 2 atom stereocenters. The van der Waals surface area contributed by atoms with Crippen LogP contribution in [0.2, 0.25) is 0 Å². The summed E-state index contributed by atoms with van der Waals surface area (Å²) in [5.41, 5.74) is 1.00. The predicted octanol–water partition coefficient (Wildman–Crippen LogP) is 2.17. The molecule has 1 N–H and O–H groups in total. The number of carbonyl (C=O) groups is 1. The average Bonchev–Trinajstić information content (AvgIpc) is 2.38. The third-order valence-corrected chi connectivity index (χ3v) is 3.46. The van der Waals surface area contributed by atoms with Crippen LogP contribution in [0.5, 0.6) is 0 Å². The van der Waals surface area contributed by atoms with Gasteiger partial charge in [-0.15, -0.1) is 0 Å². The normalized spacial score (nSPS) is 20.4. The summed E-state index contributed by atoms with van der Waals surface area (Å²) in [6.07, 6.45) is 1.79. The number of nitrogens with one attached hydrogen (secondary N) is 1. The Balaban J connectivity index is 1.72. The van der Waals surface area contributed by atoms with Crippen LogP contribution in [-0.2, 0) is 11.3 Å². The number of ether oxygens (including phenoxy) is 1. The van der Waals surface area contributed by atoms with Crippen molar-refractivity contribution in [2.45, 2.75) is 25.5 Å². The van der Waals surface area contributed by atoms with Gasteiger partial charge in [0, 0.05) is 19.1 Å². The van der Waals surface area contributed by atoms with Crippen LogP contribution in [0, 0.1) is 0 Å². The molecule has 0 radical (unpaired) electrons. The van der Waals surface area contributed by atoms with E-state index in [-0.39, 0.29) is 12.1 Å². The molecule has 1 unspecified atom stereocenters. The first-order chi connectivity index (χ1) is 8.74. The number of rotatable bonds is 3. The largest absolute Gasteiger partial charge is 0.445 e. The van der Waals surface area contributed by atoms with Crippen molar-refractivity contribution >= 4 is 15.5 Å². The lowest BCUT2D eigenvalue weighted by molar-refractivity contribution is 0.131. The van der Waals surface area contributed by atoms with E-state index in [2.05, 4.69) is 19.4 Å². The van der Waals surface area contributed by atoms with E-state index in [1.54, 1.807) is 0 Å². The van der Waals surface area contributed by atoms with Crippen molar-refractivity contribution in [3.05, 3.63) is 35.9 Å². The number of benzene rings is 1. The lowest BCUT2D eigenvalue weighted by Gasteiger charge is -2.29. The number of carbonyl (C=O) groups excluding carboxylic acids is 1. The number of alkyl carbamates (subject to hydrolysis) is 1. The maximum atomic E-state index is 11.6. The van der Waals surface area contributed by atoms with Crippen molar-refractivity contribution in [3.8, 4) is 0 Å². The van der Waals surface area contributed by atoms with Crippen molar-refractivity contribution in [1.29, 1.82) is 0 Å². The first kappa shape index (κ1) is 13.3. The van der Waals surface area contributed by atoms with Gasteiger partial charge in [0.2, 0.25) is 0 Å². The molecular weight excluding hydrogens is 247 g/mol. The SMILES string of the molecule is O=C(N[C@H]1CCCN(P)C1)OCc1ccccc1. The summed E-state index contributed by atoms with van der Waals surface area (Å²) in [5, 5.41) is 2.90. The first-order valence-corrected chi connectivity index (χ1v) is 6.72. The molecule has 1 saturated heterocycles. The molecule has 98 valence electrons. The predicted molar refractivity (Wildman–Crippen MR) is 74.1 cm³/mol. The highest BCUT2D eigenvalue weighted by molar-refractivity contribution is 7.13. The molecule has 0 spiro atoms. The highest BCUT2D eigenvalue weighted by Crippen LogP contribution is 2.13. The van der Waals surface area contributed by atoms with E-state index in [1.165, 1.54) is 0 Å². The number of nitrogens with zero attached hydrogens (tertiary/aromatic N) is 1. The van der Waals surface area contributed by atoms with E-state index < -0.39 is 0 Å². The summed E-state index contributed by atoms with van der Waals surface area (Å²) >= 11 is 0. The van der Waals surface area contributed by atoms with E-state index in [9.17, 15) is 4.79 Å². The van der Waals surface area contributed by atoms with Crippen LogP contribution in [-0.4, -0.2) is 29.9 Å². The molecule has 0 bridgehead atoms. The Morgan fingerprint density at radius 2 is 2.22 bits per heavy atom. The van der Waals surface area contributed by atoms with E-state index in [0.717, 1.165) is 31.5 Å². The Hall–Kier alpha value is -1.12. The molecule has 0 saturated carbocycles. The molecule has 2 rings (SSSR count). The van der Waals surface area contributed by atoms with Gasteiger partial charge in [-0.2, -0.15) is 0 Å². The van der Waals surface area contributed by atoms with Crippen LogP contribution in [0.1, 0.15) is 18.4 Å². The highest BCUT2D eigenvalue weighted by atomic mass is 31.0. The van der Waals surface area contributed by atoms with Crippen molar-refractivity contribution in [1.82, 2.24) is 9.99 Å². The zero-order valence-corrected chi connectivity index (χ0v) is 11.5. The van der Waals surface area contributed by atoms with Gasteiger partial charge >= 0.3 is 6.09 Å². The summed E-state index contributed by atoms with van der Waals surface area (Å²) in [6.45, 7) is 2.26. The van der Waals surface area contributed by atoms with Gasteiger partial charge in [-0.05, 0) is 18.4 Å². The Labute approximate surface area is 110 Å². The fraction of sp³-hybridized carbons (Fsp3) is 0.462. The minimum absolute atomic E-state index is 0.194. The fourth-order valence-corrected chi connectivity index (χ4v) is 2.49. The molecule has 1 aromatic rings. The lowest BCUT2D eigenvalue weighted by Crippen LogP contribution is -2.44. The number of amides is 1. The van der Waals surface area contributed by atoms with Crippen LogP contribution in [0.15, 0.2) is 30.3 Å². The topological polar surface area (TPSA) is 41.6 Å². The standard InChI is InChI=1S/C13H19N2O2P/c16-13(14-12-7-4-8-15(18)9-12)17-10-11-5-2-1-3-6-11/h1-3,5-6,12H,4,7-10,18H2,(H,14,16)/t12-/m0/s1. The van der Waals surface area contributed by atoms with Gasteiger partial charge in [0.25, 0.3) is 0 Å². The van der Waals surface area contributed by atoms with Gasteiger partial charge in [-0.3, -0.25) is 4.67 Å². The van der Waals surface area contributed by atoms with Gasteiger partial charge in [0.15, 0.2) is 0 Å². The van der Waals surface area contributed by atoms with E-state index in [4.69, 9.17) is 4.74 Å². The minimum atomic E-state index is -0.329. The summed E-state index contributed by atoms with van der Waals surface area (Å²) in [6, 6.07) is 9.89. The molecule has 1 amide bonds. The van der Waals surface area contributed by atoms with Gasteiger partial charge in [-0.1, -0.05) is 39.7 Å². The second-order valence-corrected chi connectivity index (χ2v) is 5.27. The molecule has 1 fully saturated rings. The molecule has 1 heterocycles. The molecule has 1 aliphatic heterocycles. The summed E-state index contributed by atoms with van der Waals surface area (Å²) in [7, 11) is 2.68. The van der Waals surface area contributed by atoms with Crippen LogP contribution in [0.25, 0.3) is 0 Å². The van der Waals surface area contributed by atoms with Crippen molar-refractivity contribution in [2.24, 2.45) is 0 Å². The molecule has 1 aromatic carbocycles. The maximum absolute atomic E-state index is 11.6. The lowest BCUT2D eigenvalue weighted by atomic mass is 10.1. The van der Waals surface area contributed by atoms with Crippen molar-refractivity contribution in [2.75, 3.05) is 13.1 Å². The molecule has 1 aliphatic rings. The van der Waals surface area contributed by atoms with E-state index >= 15 is 0 Å². The molecule has 0 aromatic heterocycles. The number of piperidine rings is 1. The highest BCUT2D eigenvalue weighted by Gasteiger charge is 2.19. The number of hydrogen-bond acceptors (Lipinski definition) is 3. The molecule has 18 heavy (non-hydrogen) atoms. The third-order valence-electron chi connectivity index (χ3n) is 2.99. The minimum Gasteiger partial charge on any atom is -0.445 e. The Bertz CT molecular complexity index is 386. The quantitative estimate of drug-likeness (QED) is 0.852. The zero-order valence-electron chi connectivity index (χ0n) is 10.3. The monoisotopic (exact) mass is 266 g/mol. The van der Waals surface area contributed by atoms with E-state index in [1.807, 2.05) is 30.3 Å². The van der Waals surface area contributed by atoms with Gasteiger partial charge in [-0.25, -0.2) is 4.79 Å². The molecule has 5 heteroatoms. The first-order valence-electron chi connectivity index (χ1n) is 6.21. The molecule has 4 nitrogen and oxygen atoms in total. The summed E-state index contributed by atoms with van der Waals surface area (Å²) < 4.78 is 7.34.